The van der Waals surface area contributed by atoms with Gasteiger partial charge in [0.05, 0.1) is 28.8 Å². The molecule has 0 aliphatic carbocycles. The number of rotatable bonds is 4. The van der Waals surface area contributed by atoms with E-state index in [1.165, 1.54) is 27.8 Å². The summed E-state index contributed by atoms with van der Waals surface area (Å²) in [6.45, 7) is 17.9. The highest BCUT2D eigenvalue weighted by Gasteiger charge is 2.24. The lowest BCUT2D eigenvalue weighted by molar-refractivity contribution is 0.522. The van der Waals surface area contributed by atoms with Gasteiger partial charge in [-0.05, 0) is 51.0 Å². The number of allylic oxidation sites excluding steroid dienone is 1. The van der Waals surface area contributed by atoms with Gasteiger partial charge in [0.2, 0.25) is 0 Å². The summed E-state index contributed by atoms with van der Waals surface area (Å²) in [4.78, 5) is 10.3. The van der Waals surface area contributed by atoms with Crippen LogP contribution in [0.25, 0.3) is 22.3 Å². The van der Waals surface area contributed by atoms with Gasteiger partial charge in [0, 0.05) is 42.2 Å². The first kappa shape index (κ1) is 19.7. The van der Waals surface area contributed by atoms with Crippen molar-refractivity contribution in [2.24, 2.45) is 0 Å². The monoisotopic (exact) mass is 374 g/mol. The van der Waals surface area contributed by atoms with Gasteiger partial charge in [0.25, 0.3) is 0 Å². The molecule has 1 aliphatic heterocycles. The molecule has 0 radical (unpaired) electrons. The number of nitrogens with one attached hydrogen (secondary N) is 1. The number of imidazole rings is 1. The molecule has 2 aromatic heterocycles. The molecule has 4 heteroatoms. The van der Waals surface area contributed by atoms with E-state index in [1.807, 2.05) is 19.4 Å². The maximum absolute atomic E-state index is 4.72. The predicted octanol–water partition coefficient (Wildman–Crippen LogP) is 5.97. The van der Waals surface area contributed by atoms with E-state index in [2.05, 4.69) is 72.8 Å². The van der Waals surface area contributed by atoms with Gasteiger partial charge in [-0.1, -0.05) is 19.6 Å². The highest BCUT2D eigenvalue weighted by atomic mass is 15.1. The molecular weight excluding hydrogens is 344 g/mol. The van der Waals surface area contributed by atoms with Gasteiger partial charge in [-0.15, -0.1) is 6.58 Å². The van der Waals surface area contributed by atoms with Crippen molar-refractivity contribution < 1.29 is 0 Å². The van der Waals surface area contributed by atoms with Crippen molar-refractivity contribution in [3.8, 4) is 0 Å². The second-order valence-corrected chi connectivity index (χ2v) is 7.07. The van der Waals surface area contributed by atoms with E-state index in [0.29, 0.717) is 0 Å². The van der Waals surface area contributed by atoms with Gasteiger partial charge in [0.15, 0.2) is 0 Å². The highest BCUT2D eigenvalue weighted by molar-refractivity contribution is 5.98. The third kappa shape index (κ3) is 3.42. The molecule has 3 aromatic rings. The fourth-order valence-electron chi connectivity index (χ4n) is 3.70. The Kier molecular flexibility index (Phi) is 5.88. The van der Waals surface area contributed by atoms with Crippen LogP contribution in [0.2, 0.25) is 0 Å². The molecule has 28 heavy (non-hydrogen) atoms. The highest BCUT2D eigenvalue weighted by Crippen LogP contribution is 2.38. The molecular formula is C24H30N4. The number of fused-ring (bicyclic) bond motifs is 2. The van der Waals surface area contributed by atoms with E-state index in [0.717, 1.165) is 36.4 Å². The number of aromatic nitrogens is 3. The van der Waals surface area contributed by atoms with Crippen LogP contribution in [0, 0.1) is 6.92 Å². The summed E-state index contributed by atoms with van der Waals surface area (Å²) >= 11 is 0. The largest absolute Gasteiger partial charge is 0.359 e. The van der Waals surface area contributed by atoms with Gasteiger partial charge in [-0.2, -0.15) is 0 Å². The van der Waals surface area contributed by atoms with Gasteiger partial charge >= 0.3 is 0 Å². The summed E-state index contributed by atoms with van der Waals surface area (Å²) in [6.07, 6.45) is 9.00. The predicted molar refractivity (Wildman–Crippen MR) is 120 cm³/mol. The van der Waals surface area contributed by atoms with Gasteiger partial charge < -0.3 is 14.5 Å². The number of hydrogen-bond donors (Lipinski definition) is 1. The lowest BCUT2D eigenvalue weighted by Crippen LogP contribution is -2.21. The fourth-order valence-corrected chi connectivity index (χ4v) is 3.70. The van der Waals surface area contributed by atoms with E-state index in [-0.39, 0.29) is 0 Å². The average Bonchev–Trinajstić information content (AvgIpc) is 3.31. The molecule has 1 aliphatic rings. The zero-order chi connectivity index (χ0) is 20.3. The maximum Gasteiger partial charge on any atom is 0.0963 e. The third-order valence-electron chi connectivity index (χ3n) is 4.92. The molecule has 0 fully saturated rings. The molecule has 146 valence electrons. The first-order valence-electron chi connectivity index (χ1n) is 9.94. The minimum atomic E-state index is 0.923. The van der Waals surface area contributed by atoms with E-state index >= 15 is 0 Å². The Labute approximate surface area is 167 Å². The van der Waals surface area contributed by atoms with Crippen molar-refractivity contribution in [3.63, 3.8) is 0 Å². The third-order valence-corrected chi connectivity index (χ3v) is 4.92. The van der Waals surface area contributed by atoms with Gasteiger partial charge in [-0.3, -0.25) is 0 Å². The molecule has 1 N–H and O–H groups in total. The van der Waals surface area contributed by atoms with Crippen LogP contribution in [-0.2, 0) is 6.54 Å². The zero-order valence-corrected chi connectivity index (χ0v) is 17.4. The molecule has 0 unspecified atom stereocenters. The van der Waals surface area contributed by atoms with E-state index < -0.39 is 0 Å². The standard InChI is InChI=1S/C21H24N4.C3H6/c1-5-9-25-12-18(16-7-8-22-20(16)15(25)4)17-10-14(3)11-19-21(17)23-13-24(19)6-2;1-3-2/h7-8,10-13,22H,4-6,9H2,1-3H3;3H,1H2,2H3. The zero-order valence-electron chi connectivity index (χ0n) is 17.4. The van der Waals surface area contributed by atoms with Crippen molar-refractivity contribution in [1.82, 2.24) is 19.4 Å². The Bertz CT molecular complexity index is 1030. The summed E-state index contributed by atoms with van der Waals surface area (Å²) in [7, 11) is 0. The van der Waals surface area contributed by atoms with E-state index in [1.54, 1.807) is 6.08 Å². The van der Waals surface area contributed by atoms with Crippen LogP contribution in [0.1, 0.15) is 49.6 Å². The van der Waals surface area contributed by atoms with E-state index in [9.17, 15) is 0 Å². The number of H-pyrrole nitrogens is 1. The van der Waals surface area contributed by atoms with Crippen molar-refractivity contribution in [3.05, 3.63) is 78.5 Å². The molecule has 0 atom stereocenters. The van der Waals surface area contributed by atoms with Gasteiger partial charge in [-0.25, -0.2) is 4.98 Å². The summed E-state index contributed by atoms with van der Waals surface area (Å²) in [5.41, 5.74) is 9.27. The van der Waals surface area contributed by atoms with Crippen molar-refractivity contribution in [1.29, 1.82) is 0 Å². The average molecular weight is 375 g/mol. The number of benzene rings is 1. The summed E-state index contributed by atoms with van der Waals surface area (Å²) in [5, 5.41) is 0. The van der Waals surface area contributed by atoms with Crippen LogP contribution in [0.5, 0.6) is 0 Å². The number of hydrogen-bond acceptors (Lipinski definition) is 2. The molecule has 0 amide bonds. The molecule has 4 rings (SSSR count). The van der Waals surface area contributed by atoms with Crippen LogP contribution in [-0.4, -0.2) is 26.0 Å². The first-order chi connectivity index (χ1) is 13.5. The van der Waals surface area contributed by atoms with Crippen LogP contribution >= 0.6 is 0 Å². The topological polar surface area (TPSA) is 36.9 Å². The Morgan fingerprint density at radius 1 is 1.21 bits per heavy atom. The quantitative estimate of drug-likeness (QED) is 0.571. The molecule has 0 saturated heterocycles. The summed E-state index contributed by atoms with van der Waals surface area (Å²) in [6, 6.07) is 6.61. The van der Waals surface area contributed by atoms with Crippen LogP contribution in [0.3, 0.4) is 0 Å². The Balaban J connectivity index is 0.000000706. The SMILES string of the molecule is C=C1c2[nH]ccc2C(c2cc(C)cc3c2ncn3CC)=CN1CCC.C=CC. The van der Waals surface area contributed by atoms with Crippen LogP contribution in [0.4, 0.5) is 0 Å². The summed E-state index contributed by atoms with van der Waals surface area (Å²) in [5.74, 6) is 0. The second-order valence-electron chi connectivity index (χ2n) is 7.07. The fraction of sp³-hybridized carbons (Fsp3) is 0.292. The number of aryl methyl sites for hydroxylation is 2. The maximum atomic E-state index is 4.72. The normalized spacial score (nSPS) is 13.1. The number of aromatic amines is 1. The Hall–Kier alpha value is -3.01. The van der Waals surface area contributed by atoms with E-state index in [4.69, 9.17) is 4.98 Å². The Morgan fingerprint density at radius 2 is 1.96 bits per heavy atom. The van der Waals surface area contributed by atoms with Gasteiger partial charge in [0.1, 0.15) is 0 Å². The molecule has 0 saturated carbocycles. The molecule has 3 heterocycles. The number of nitrogens with zero attached hydrogens (tertiary/aromatic N) is 3. The minimum absolute atomic E-state index is 0.923. The van der Waals surface area contributed by atoms with Crippen molar-refractivity contribution >= 4 is 22.3 Å². The van der Waals surface area contributed by atoms with Crippen molar-refractivity contribution in [2.75, 3.05) is 6.54 Å². The molecule has 0 spiro atoms. The lowest BCUT2D eigenvalue weighted by Gasteiger charge is -2.29. The summed E-state index contributed by atoms with van der Waals surface area (Å²) < 4.78 is 2.20. The Morgan fingerprint density at radius 3 is 2.64 bits per heavy atom. The van der Waals surface area contributed by atoms with Crippen molar-refractivity contribution in [2.45, 2.75) is 40.7 Å². The van der Waals surface area contributed by atoms with Crippen LogP contribution in [0.15, 0.2) is 56.2 Å². The minimum Gasteiger partial charge on any atom is -0.359 e. The molecule has 0 bridgehead atoms. The molecule has 1 aromatic carbocycles. The smallest absolute Gasteiger partial charge is 0.0963 e. The molecule has 4 nitrogen and oxygen atoms in total. The first-order valence-corrected chi connectivity index (χ1v) is 9.94. The lowest BCUT2D eigenvalue weighted by atomic mass is 9.93. The van der Waals surface area contributed by atoms with Crippen LogP contribution < -0.4 is 0 Å². The second kappa shape index (κ2) is 8.34.